The molecule has 2 rings (SSSR count). The highest BCUT2D eigenvalue weighted by Gasteiger charge is 2.43. The molecule has 3 heteroatoms. The lowest BCUT2D eigenvalue weighted by molar-refractivity contribution is 0.219. The molecule has 0 aliphatic heterocycles. The summed E-state index contributed by atoms with van der Waals surface area (Å²) in [4.78, 5) is 0. The van der Waals surface area contributed by atoms with E-state index in [4.69, 9.17) is 14.7 Å². The zero-order valence-corrected chi connectivity index (χ0v) is 10.8. The molecule has 0 atom stereocenters. The SMILES string of the molecule is CCCOc1ccccc1OCC1(CC#N)CC1. The van der Waals surface area contributed by atoms with E-state index in [2.05, 4.69) is 13.0 Å². The molecular formula is C15H19NO2. The van der Waals surface area contributed by atoms with Crippen LogP contribution in [0.25, 0.3) is 0 Å². The van der Waals surface area contributed by atoms with Crippen LogP contribution >= 0.6 is 0 Å². The van der Waals surface area contributed by atoms with E-state index in [1.807, 2.05) is 24.3 Å². The minimum atomic E-state index is 0.104. The maximum Gasteiger partial charge on any atom is 0.161 e. The summed E-state index contributed by atoms with van der Waals surface area (Å²) in [7, 11) is 0. The molecule has 1 fully saturated rings. The zero-order valence-electron chi connectivity index (χ0n) is 10.8. The minimum absolute atomic E-state index is 0.104. The van der Waals surface area contributed by atoms with Crippen molar-refractivity contribution in [1.82, 2.24) is 0 Å². The molecule has 0 saturated heterocycles. The Bertz CT molecular complexity index is 432. The van der Waals surface area contributed by atoms with Crippen LogP contribution in [0, 0.1) is 16.7 Å². The number of nitriles is 1. The first-order chi connectivity index (χ1) is 8.79. The second kappa shape index (κ2) is 5.77. The van der Waals surface area contributed by atoms with Crippen LogP contribution in [-0.2, 0) is 0 Å². The van der Waals surface area contributed by atoms with Gasteiger partial charge in [-0.25, -0.2) is 0 Å². The monoisotopic (exact) mass is 245 g/mol. The van der Waals surface area contributed by atoms with Crippen LogP contribution in [0.4, 0.5) is 0 Å². The van der Waals surface area contributed by atoms with Crippen molar-refractivity contribution < 1.29 is 9.47 Å². The summed E-state index contributed by atoms with van der Waals surface area (Å²) >= 11 is 0. The fraction of sp³-hybridized carbons (Fsp3) is 0.533. The van der Waals surface area contributed by atoms with Gasteiger partial charge in [-0.15, -0.1) is 0 Å². The average molecular weight is 245 g/mol. The van der Waals surface area contributed by atoms with Crippen molar-refractivity contribution >= 4 is 0 Å². The summed E-state index contributed by atoms with van der Waals surface area (Å²) in [5.41, 5.74) is 0.104. The molecule has 0 radical (unpaired) electrons. The highest BCUT2D eigenvalue weighted by molar-refractivity contribution is 5.39. The topological polar surface area (TPSA) is 42.2 Å². The first-order valence-corrected chi connectivity index (χ1v) is 6.51. The van der Waals surface area contributed by atoms with E-state index in [0.717, 1.165) is 30.8 Å². The Kier molecular flexibility index (Phi) is 4.09. The molecule has 1 aromatic carbocycles. The van der Waals surface area contributed by atoms with E-state index in [0.29, 0.717) is 19.6 Å². The van der Waals surface area contributed by atoms with Crippen LogP contribution in [-0.4, -0.2) is 13.2 Å². The summed E-state index contributed by atoms with van der Waals surface area (Å²) in [6, 6.07) is 9.98. The van der Waals surface area contributed by atoms with E-state index in [1.54, 1.807) is 0 Å². The van der Waals surface area contributed by atoms with Crippen molar-refractivity contribution in [1.29, 1.82) is 5.26 Å². The van der Waals surface area contributed by atoms with Crippen LogP contribution < -0.4 is 9.47 Å². The number of rotatable bonds is 7. The third kappa shape index (κ3) is 3.16. The quantitative estimate of drug-likeness (QED) is 0.737. The second-order valence-corrected chi connectivity index (χ2v) is 4.92. The van der Waals surface area contributed by atoms with Crippen molar-refractivity contribution in [3.05, 3.63) is 24.3 Å². The van der Waals surface area contributed by atoms with Gasteiger partial charge in [0.2, 0.25) is 0 Å². The van der Waals surface area contributed by atoms with Gasteiger partial charge < -0.3 is 9.47 Å². The molecule has 0 unspecified atom stereocenters. The molecule has 18 heavy (non-hydrogen) atoms. The van der Waals surface area contributed by atoms with E-state index in [-0.39, 0.29) is 5.41 Å². The van der Waals surface area contributed by atoms with Crippen LogP contribution in [0.15, 0.2) is 24.3 Å². The number of hydrogen-bond donors (Lipinski definition) is 0. The van der Waals surface area contributed by atoms with Gasteiger partial charge in [0, 0.05) is 11.8 Å². The predicted octanol–water partition coefficient (Wildman–Crippen LogP) is 3.55. The molecule has 0 aromatic heterocycles. The smallest absolute Gasteiger partial charge is 0.161 e. The number of benzene rings is 1. The Labute approximate surface area is 108 Å². The molecule has 0 spiro atoms. The molecule has 1 aromatic rings. The lowest BCUT2D eigenvalue weighted by atomic mass is 10.1. The van der Waals surface area contributed by atoms with Gasteiger partial charge in [0.25, 0.3) is 0 Å². The van der Waals surface area contributed by atoms with Crippen LogP contribution in [0.3, 0.4) is 0 Å². The van der Waals surface area contributed by atoms with Crippen LogP contribution in [0.1, 0.15) is 32.6 Å². The standard InChI is InChI=1S/C15H19NO2/c1-2-11-17-13-5-3-4-6-14(13)18-12-15(7-8-15)9-10-16/h3-6H,2,7-9,11-12H2,1H3. The molecule has 0 bridgehead atoms. The van der Waals surface area contributed by atoms with Gasteiger partial charge in [-0.1, -0.05) is 19.1 Å². The van der Waals surface area contributed by atoms with Gasteiger partial charge in [0.1, 0.15) is 0 Å². The molecule has 0 N–H and O–H groups in total. The zero-order chi connectivity index (χ0) is 12.8. The molecule has 0 heterocycles. The Morgan fingerprint density at radius 3 is 2.44 bits per heavy atom. The molecule has 3 nitrogen and oxygen atoms in total. The lowest BCUT2D eigenvalue weighted by Gasteiger charge is -2.15. The van der Waals surface area contributed by atoms with Gasteiger partial charge in [0.05, 0.1) is 19.3 Å². The Hall–Kier alpha value is -1.69. The highest BCUT2D eigenvalue weighted by Crippen LogP contribution is 2.49. The third-order valence-corrected chi connectivity index (χ3v) is 3.26. The Morgan fingerprint density at radius 1 is 1.22 bits per heavy atom. The molecule has 1 saturated carbocycles. The molecule has 1 aliphatic rings. The largest absolute Gasteiger partial charge is 0.490 e. The lowest BCUT2D eigenvalue weighted by Crippen LogP contribution is -2.13. The first kappa shape index (κ1) is 12.8. The van der Waals surface area contributed by atoms with E-state index >= 15 is 0 Å². The average Bonchev–Trinajstić information content (AvgIpc) is 3.16. The van der Waals surface area contributed by atoms with Crippen LogP contribution in [0.5, 0.6) is 11.5 Å². The van der Waals surface area contributed by atoms with Crippen molar-refractivity contribution in [3.63, 3.8) is 0 Å². The van der Waals surface area contributed by atoms with Gasteiger partial charge in [-0.2, -0.15) is 5.26 Å². The number of para-hydroxylation sites is 2. The van der Waals surface area contributed by atoms with Crippen molar-refractivity contribution in [2.75, 3.05) is 13.2 Å². The van der Waals surface area contributed by atoms with Gasteiger partial charge >= 0.3 is 0 Å². The summed E-state index contributed by atoms with van der Waals surface area (Å²) in [6.45, 7) is 3.40. The summed E-state index contributed by atoms with van der Waals surface area (Å²) in [6.07, 6.45) is 3.76. The van der Waals surface area contributed by atoms with E-state index < -0.39 is 0 Å². The maximum atomic E-state index is 8.78. The fourth-order valence-electron chi connectivity index (χ4n) is 1.85. The summed E-state index contributed by atoms with van der Waals surface area (Å²) in [5.74, 6) is 1.59. The molecule has 1 aliphatic carbocycles. The van der Waals surface area contributed by atoms with Crippen molar-refractivity contribution in [2.45, 2.75) is 32.6 Å². The third-order valence-electron chi connectivity index (χ3n) is 3.26. The fourth-order valence-corrected chi connectivity index (χ4v) is 1.85. The van der Waals surface area contributed by atoms with Gasteiger partial charge in [0.15, 0.2) is 11.5 Å². The van der Waals surface area contributed by atoms with Gasteiger partial charge in [-0.3, -0.25) is 0 Å². The predicted molar refractivity (Wildman–Crippen MR) is 69.6 cm³/mol. The number of ether oxygens (including phenoxy) is 2. The summed E-state index contributed by atoms with van der Waals surface area (Å²) in [5, 5.41) is 8.78. The first-order valence-electron chi connectivity index (χ1n) is 6.51. The van der Waals surface area contributed by atoms with Crippen LogP contribution in [0.2, 0.25) is 0 Å². The van der Waals surface area contributed by atoms with Crippen molar-refractivity contribution in [2.24, 2.45) is 5.41 Å². The Balaban J connectivity index is 1.94. The van der Waals surface area contributed by atoms with Crippen molar-refractivity contribution in [3.8, 4) is 17.6 Å². The van der Waals surface area contributed by atoms with E-state index in [1.165, 1.54) is 0 Å². The van der Waals surface area contributed by atoms with Gasteiger partial charge in [-0.05, 0) is 31.4 Å². The number of hydrogen-bond acceptors (Lipinski definition) is 3. The molecule has 96 valence electrons. The molecular weight excluding hydrogens is 226 g/mol. The normalized spacial score (nSPS) is 15.8. The number of nitrogens with zero attached hydrogens (tertiary/aromatic N) is 1. The second-order valence-electron chi connectivity index (χ2n) is 4.92. The maximum absolute atomic E-state index is 8.78. The highest BCUT2D eigenvalue weighted by atomic mass is 16.5. The minimum Gasteiger partial charge on any atom is -0.490 e. The van der Waals surface area contributed by atoms with E-state index in [9.17, 15) is 0 Å². The Morgan fingerprint density at radius 2 is 1.89 bits per heavy atom. The molecule has 0 amide bonds. The summed E-state index contributed by atoms with van der Waals surface area (Å²) < 4.78 is 11.5.